The molecule has 0 saturated carbocycles. The van der Waals surface area contributed by atoms with Crippen LogP contribution in [-0.2, 0) is 5.54 Å². The fourth-order valence-corrected chi connectivity index (χ4v) is 3.09. The van der Waals surface area contributed by atoms with Gasteiger partial charge in [0.15, 0.2) is 0 Å². The van der Waals surface area contributed by atoms with E-state index in [1.54, 1.807) is 6.07 Å². The van der Waals surface area contributed by atoms with Crippen LogP contribution in [0, 0.1) is 5.82 Å². The van der Waals surface area contributed by atoms with Crippen LogP contribution >= 0.6 is 11.6 Å². The van der Waals surface area contributed by atoms with Gasteiger partial charge in [0.25, 0.3) is 0 Å². The summed E-state index contributed by atoms with van der Waals surface area (Å²) in [6, 6.07) is 4.42. The van der Waals surface area contributed by atoms with Crippen molar-refractivity contribution in [2.75, 3.05) is 6.54 Å². The topological polar surface area (TPSA) is 51.0 Å². The van der Waals surface area contributed by atoms with Gasteiger partial charge in [-0.05, 0) is 44.0 Å². The number of benzene rings is 1. The lowest BCUT2D eigenvalue weighted by atomic mass is 9.92. The van der Waals surface area contributed by atoms with Gasteiger partial charge >= 0.3 is 0 Å². The molecule has 1 atom stereocenters. The molecule has 1 fully saturated rings. The molecule has 3 rings (SSSR count). The van der Waals surface area contributed by atoms with Crippen LogP contribution in [0.2, 0.25) is 5.02 Å². The fraction of sp³-hybridized carbons (Fsp3) is 0.467. The Morgan fingerprint density at radius 3 is 3.00 bits per heavy atom. The van der Waals surface area contributed by atoms with Crippen molar-refractivity contribution in [1.82, 2.24) is 15.5 Å². The minimum absolute atomic E-state index is 0.0566. The molecule has 4 nitrogen and oxygen atoms in total. The Kier molecular flexibility index (Phi) is 3.95. The third kappa shape index (κ3) is 2.68. The average molecular weight is 310 g/mol. The predicted octanol–water partition coefficient (Wildman–Crippen LogP) is 3.91. The zero-order valence-electron chi connectivity index (χ0n) is 11.8. The van der Waals surface area contributed by atoms with Crippen molar-refractivity contribution in [3.05, 3.63) is 34.9 Å². The first kappa shape index (κ1) is 14.5. The fourth-order valence-electron chi connectivity index (χ4n) is 2.91. The highest BCUT2D eigenvalue weighted by Crippen LogP contribution is 2.35. The molecule has 1 saturated heterocycles. The summed E-state index contributed by atoms with van der Waals surface area (Å²) >= 11 is 5.80. The number of aromatic nitrogens is 2. The van der Waals surface area contributed by atoms with Gasteiger partial charge in [-0.2, -0.15) is 4.98 Å². The zero-order chi connectivity index (χ0) is 14.9. The maximum Gasteiger partial charge on any atom is 0.247 e. The van der Waals surface area contributed by atoms with E-state index < -0.39 is 5.82 Å². The van der Waals surface area contributed by atoms with E-state index >= 15 is 0 Å². The number of nitrogens with zero attached hydrogens (tertiary/aromatic N) is 2. The molecule has 0 radical (unpaired) electrons. The second-order valence-corrected chi connectivity index (χ2v) is 5.82. The molecule has 0 aliphatic carbocycles. The average Bonchev–Trinajstić information content (AvgIpc) is 3.12. The minimum Gasteiger partial charge on any atom is -0.337 e. The summed E-state index contributed by atoms with van der Waals surface area (Å²) in [6.45, 7) is 3.10. The monoisotopic (exact) mass is 309 g/mol. The summed E-state index contributed by atoms with van der Waals surface area (Å²) in [5, 5.41) is 7.57. The minimum atomic E-state index is -0.455. The van der Waals surface area contributed by atoms with Gasteiger partial charge in [0.05, 0.1) is 10.6 Å². The Labute approximate surface area is 127 Å². The molecule has 0 bridgehead atoms. The first-order valence-electron chi connectivity index (χ1n) is 7.19. The van der Waals surface area contributed by atoms with Gasteiger partial charge in [-0.3, -0.25) is 0 Å². The molecule has 1 aliphatic rings. The summed E-state index contributed by atoms with van der Waals surface area (Å²) in [5.74, 6) is 0.595. The number of hydrogen-bond donors (Lipinski definition) is 1. The SMILES string of the molecule is CCCC1(c2nc(-c3ccc(F)c(Cl)c3)no2)CCCN1. The van der Waals surface area contributed by atoms with Crippen molar-refractivity contribution in [2.45, 2.75) is 38.1 Å². The molecule has 0 amide bonds. The maximum absolute atomic E-state index is 13.2. The molecule has 1 aliphatic heterocycles. The highest BCUT2D eigenvalue weighted by atomic mass is 35.5. The molecular weight excluding hydrogens is 293 g/mol. The van der Waals surface area contributed by atoms with Crippen LogP contribution in [0.4, 0.5) is 4.39 Å². The molecular formula is C15H17ClFN3O. The van der Waals surface area contributed by atoms with E-state index in [-0.39, 0.29) is 10.6 Å². The van der Waals surface area contributed by atoms with Crippen LogP contribution in [-0.4, -0.2) is 16.7 Å². The van der Waals surface area contributed by atoms with E-state index in [4.69, 9.17) is 16.1 Å². The summed E-state index contributed by atoms with van der Waals surface area (Å²) in [7, 11) is 0. The van der Waals surface area contributed by atoms with Gasteiger partial charge in [-0.25, -0.2) is 4.39 Å². The van der Waals surface area contributed by atoms with Gasteiger partial charge in [0.1, 0.15) is 5.82 Å². The number of rotatable bonds is 4. The smallest absolute Gasteiger partial charge is 0.247 e. The lowest BCUT2D eigenvalue weighted by Crippen LogP contribution is -2.36. The van der Waals surface area contributed by atoms with E-state index in [0.29, 0.717) is 17.3 Å². The predicted molar refractivity (Wildman–Crippen MR) is 78.5 cm³/mol. The number of halogens is 2. The number of nitrogens with one attached hydrogen (secondary N) is 1. The largest absolute Gasteiger partial charge is 0.337 e. The molecule has 2 aromatic rings. The van der Waals surface area contributed by atoms with Crippen LogP contribution in [0.3, 0.4) is 0 Å². The lowest BCUT2D eigenvalue weighted by Gasteiger charge is -2.24. The molecule has 6 heteroatoms. The Morgan fingerprint density at radius 1 is 1.48 bits per heavy atom. The standard InChI is InChI=1S/C15H17ClFN3O/c1-2-6-15(7-3-8-18-15)14-19-13(20-21-14)10-4-5-12(17)11(16)9-10/h4-5,9,18H,2-3,6-8H2,1H3. The molecule has 1 aromatic heterocycles. The van der Waals surface area contributed by atoms with E-state index in [2.05, 4.69) is 22.4 Å². The molecule has 0 spiro atoms. The highest BCUT2D eigenvalue weighted by Gasteiger charge is 2.39. The van der Waals surface area contributed by atoms with E-state index in [0.717, 1.165) is 32.2 Å². The van der Waals surface area contributed by atoms with E-state index in [1.165, 1.54) is 12.1 Å². The lowest BCUT2D eigenvalue weighted by molar-refractivity contribution is 0.241. The Hall–Kier alpha value is -1.46. The van der Waals surface area contributed by atoms with Gasteiger partial charge in [-0.1, -0.05) is 30.1 Å². The zero-order valence-corrected chi connectivity index (χ0v) is 12.6. The molecule has 2 heterocycles. The third-order valence-corrected chi connectivity index (χ3v) is 4.22. The van der Waals surface area contributed by atoms with Crippen LogP contribution in [0.1, 0.15) is 38.5 Å². The summed E-state index contributed by atoms with van der Waals surface area (Å²) in [6.07, 6.45) is 4.08. The Morgan fingerprint density at radius 2 is 2.33 bits per heavy atom. The first-order valence-corrected chi connectivity index (χ1v) is 7.57. The van der Waals surface area contributed by atoms with Crippen molar-refractivity contribution in [3.63, 3.8) is 0 Å². The van der Waals surface area contributed by atoms with Crippen molar-refractivity contribution in [3.8, 4) is 11.4 Å². The van der Waals surface area contributed by atoms with Gasteiger partial charge in [-0.15, -0.1) is 0 Å². The molecule has 1 N–H and O–H groups in total. The van der Waals surface area contributed by atoms with Gasteiger partial charge < -0.3 is 9.84 Å². The molecule has 1 unspecified atom stereocenters. The van der Waals surface area contributed by atoms with Crippen molar-refractivity contribution >= 4 is 11.6 Å². The van der Waals surface area contributed by atoms with E-state index in [1.807, 2.05) is 0 Å². The Balaban J connectivity index is 1.93. The summed E-state index contributed by atoms with van der Waals surface area (Å²) in [4.78, 5) is 4.50. The second-order valence-electron chi connectivity index (χ2n) is 5.41. The second kappa shape index (κ2) is 5.73. The molecule has 1 aromatic carbocycles. The quantitative estimate of drug-likeness (QED) is 0.930. The maximum atomic E-state index is 13.2. The van der Waals surface area contributed by atoms with Crippen molar-refractivity contribution < 1.29 is 8.91 Å². The molecule has 112 valence electrons. The van der Waals surface area contributed by atoms with Gasteiger partial charge in [0.2, 0.25) is 11.7 Å². The van der Waals surface area contributed by atoms with Gasteiger partial charge in [0, 0.05) is 5.56 Å². The normalized spacial score (nSPS) is 21.9. The van der Waals surface area contributed by atoms with E-state index in [9.17, 15) is 4.39 Å². The van der Waals surface area contributed by atoms with Crippen LogP contribution in [0.25, 0.3) is 11.4 Å². The van der Waals surface area contributed by atoms with Crippen LogP contribution in [0.5, 0.6) is 0 Å². The van der Waals surface area contributed by atoms with Crippen molar-refractivity contribution in [2.24, 2.45) is 0 Å². The third-order valence-electron chi connectivity index (χ3n) is 3.93. The Bertz CT molecular complexity index is 638. The number of hydrogen-bond acceptors (Lipinski definition) is 4. The summed E-state index contributed by atoms with van der Waals surface area (Å²) in [5.41, 5.74) is 0.435. The first-order chi connectivity index (χ1) is 10.1. The molecule has 21 heavy (non-hydrogen) atoms. The van der Waals surface area contributed by atoms with Crippen LogP contribution in [0.15, 0.2) is 22.7 Å². The highest BCUT2D eigenvalue weighted by molar-refractivity contribution is 6.31. The summed E-state index contributed by atoms with van der Waals surface area (Å²) < 4.78 is 18.7. The van der Waals surface area contributed by atoms with Crippen molar-refractivity contribution in [1.29, 1.82) is 0 Å². The van der Waals surface area contributed by atoms with Crippen LogP contribution < -0.4 is 5.32 Å².